The van der Waals surface area contributed by atoms with Crippen LogP contribution in [0.15, 0.2) is 12.1 Å². The molecule has 1 aromatic rings. The van der Waals surface area contributed by atoms with E-state index in [-0.39, 0.29) is 0 Å². The molecule has 0 aliphatic carbocycles. The van der Waals surface area contributed by atoms with Crippen LogP contribution in [0.4, 0.5) is 0 Å². The normalized spacial score (nSPS) is 10.0. The molecule has 2 nitrogen and oxygen atoms in total. The van der Waals surface area contributed by atoms with Crippen molar-refractivity contribution in [2.75, 3.05) is 7.11 Å². The van der Waals surface area contributed by atoms with Crippen LogP contribution in [0, 0.1) is 13.8 Å². The molecule has 0 aromatic heterocycles. The maximum atomic E-state index is 5.57. The summed E-state index contributed by atoms with van der Waals surface area (Å²) in [6.07, 6.45) is 0. The van der Waals surface area contributed by atoms with Crippen molar-refractivity contribution in [3.63, 3.8) is 0 Å². The van der Waals surface area contributed by atoms with E-state index < -0.39 is 0 Å². The number of hydrogen-bond donors (Lipinski definition) is 1. The van der Waals surface area contributed by atoms with Gasteiger partial charge in [0.1, 0.15) is 5.75 Å². The maximum Gasteiger partial charge on any atom is 0.122 e. The van der Waals surface area contributed by atoms with Gasteiger partial charge in [-0.1, -0.05) is 6.07 Å². The maximum absolute atomic E-state index is 5.57. The highest BCUT2D eigenvalue weighted by molar-refractivity contribution is 5.43. The Labute approximate surface area is 73.3 Å². The van der Waals surface area contributed by atoms with Crippen molar-refractivity contribution < 1.29 is 4.74 Å². The van der Waals surface area contributed by atoms with E-state index in [2.05, 4.69) is 6.92 Å². The lowest BCUT2D eigenvalue weighted by Crippen LogP contribution is -2.01. The molecule has 0 saturated carbocycles. The molecule has 1 rings (SSSR count). The van der Waals surface area contributed by atoms with Crippen molar-refractivity contribution in [1.82, 2.24) is 0 Å². The van der Waals surface area contributed by atoms with Crippen LogP contribution in [0.3, 0.4) is 0 Å². The summed E-state index contributed by atoms with van der Waals surface area (Å²) in [6, 6.07) is 3.98. The SMILES string of the molecule is COc1ccc(CN)c(C)c1C. The number of nitrogens with two attached hydrogens (primary N) is 1. The average molecular weight is 165 g/mol. The van der Waals surface area contributed by atoms with Gasteiger partial charge in [0.2, 0.25) is 0 Å². The molecule has 0 atom stereocenters. The summed E-state index contributed by atoms with van der Waals surface area (Å²) in [5, 5.41) is 0. The average Bonchev–Trinajstić information content (AvgIpc) is 2.10. The van der Waals surface area contributed by atoms with E-state index in [1.807, 2.05) is 19.1 Å². The molecule has 0 amide bonds. The predicted octanol–water partition coefficient (Wildman–Crippen LogP) is 1.77. The van der Waals surface area contributed by atoms with Gasteiger partial charge in [-0.05, 0) is 36.6 Å². The highest BCUT2D eigenvalue weighted by Gasteiger charge is 2.04. The van der Waals surface area contributed by atoms with E-state index in [9.17, 15) is 0 Å². The van der Waals surface area contributed by atoms with Crippen LogP contribution in [0.5, 0.6) is 5.75 Å². The minimum Gasteiger partial charge on any atom is -0.496 e. The second-order valence-corrected chi connectivity index (χ2v) is 2.88. The van der Waals surface area contributed by atoms with Gasteiger partial charge in [-0.15, -0.1) is 0 Å². The smallest absolute Gasteiger partial charge is 0.122 e. The molecule has 0 unspecified atom stereocenters. The molecule has 0 fully saturated rings. The van der Waals surface area contributed by atoms with Gasteiger partial charge in [0.15, 0.2) is 0 Å². The van der Waals surface area contributed by atoms with E-state index in [0.717, 1.165) is 5.75 Å². The van der Waals surface area contributed by atoms with E-state index in [4.69, 9.17) is 10.5 Å². The quantitative estimate of drug-likeness (QED) is 0.724. The number of benzene rings is 1. The van der Waals surface area contributed by atoms with Crippen molar-refractivity contribution in [3.8, 4) is 5.75 Å². The lowest BCUT2D eigenvalue weighted by molar-refractivity contribution is 0.411. The summed E-state index contributed by atoms with van der Waals surface area (Å²) in [7, 11) is 1.68. The molecular weight excluding hydrogens is 150 g/mol. The van der Waals surface area contributed by atoms with Crippen LogP contribution >= 0.6 is 0 Å². The van der Waals surface area contributed by atoms with Gasteiger partial charge in [-0.25, -0.2) is 0 Å². The fourth-order valence-electron chi connectivity index (χ4n) is 1.29. The molecule has 2 N–H and O–H groups in total. The molecule has 0 spiro atoms. The first kappa shape index (κ1) is 9.07. The molecule has 0 saturated heterocycles. The molecule has 0 bridgehead atoms. The number of hydrogen-bond acceptors (Lipinski definition) is 2. The van der Waals surface area contributed by atoms with Gasteiger partial charge in [0, 0.05) is 6.54 Å². The Morgan fingerprint density at radius 1 is 1.25 bits per heavy atom. The topological polar surface area (TPSA) is 35.2 Å². The van der Waals surface area contributed by atoms with Crippen LogP contribution in [0.2, 0.25) is 0 Å². The third kappa shape index (κ3) is 1.43. The van der Waals surface area contributed by atoms with E-state index in [1.54, 1.807) is 7.11 Å². The van der Waals surface area contributed by atoms with Gasteiger partial charge in [0.05, 0.1) is 7.11 Å². The second kappa shape index (κ2) is 3.59. The van der Waals surface area contributed by atoms with Crippen LogP contribution in [-0.4, -0.2) is 7.11 Å². The minimum atomic E-state index is 0.594. The Morgan fingerprint density at radius 3 is 2.42 bits per heavy atom. The summed E-state index contributed by atoms with van der Waals surface area (Å²) in [5.74, 6) is 0.935. The lowest BCUT2D eigenvalue weighted by Gasteiger charge is -2.10. The van der Waals surface area contributed by atoms with Crippen LogP contribution < -0.4 is 10.5 Å². The Bertz CT molecular complexity index is 252. The van der Waals surface area contributed by atoms with Crippen LogP contribution in [0.1, 0.15) is 16.7 Å². The Balaban J connectivity index is 3.20. The van der Waals surface area contributed by atoms with Gasteiger partial charge in [0.25, 0.3) is 0 Å². The van der Waals surface area contributed by atoms with Gasteiger partial charge in [-0.2, -0.15) is 0 Å². The zero-order valence-corrected chi connectivity index (χ0v) is 7.85. The van der Waals surface area contributed by atoms with E-state index >= 15 is 0 Å². The molecule has 2 heteroatoms. The Morgan fingerprint density at radius 2 is 1.92 bits per heavy atom. The number of rotatable bonds is 2. The number of ether oxygens (including phenoxy) is 1. The van der Waals surface area contributed by atoms with Crippen molar-refractivity contribution in [3.05, 3.63) is 28.8 Å². The van der Waals surface area contributed by atoms with E-state index in [1.165, 1.54) is 16.7 Å². The largest absolute Gasteiger partial charge is 0.496 e. The monoisotopic (exact) mass is 165 g/mol. The summed E-state index contributed by atoms with van der Waals surface area (Å²) in [5.41, 5.74) is 9.17. The van der Waals surface area contributed by atoms with Crippen molar-refractivity contribution in [2.45, 2.75) is 20.4 Å². The zero-order valence-electron chi connectivity index (χ0n) is 7.85. The molecule has 0 aliphatic heterocycles. The molecule has 12 heavy (non-hydrogen) atoms. The van der Waals surface area contributed by atoms with Crippen LogP contribution in [0.25, 0.3) is 0 Å². The first-order valence-electron chi connectivity index (χ1n) is 4.03. The van der Waals surface area contributed by atoms with Gasteiger partial charge >= 0.3 is 0 Å². The standard InChI is InChI=1S/C10H15NO/c1-7-8(2)10(12-3)5-4-9(7)6-11/h4-5H,6,11H2,1-3H3. The van der Waals surface area contributed by atoms with Crippen molar-refractivity contribution in [2.24, 2.45) is 5.73 Å². The molecular formula is C10H15NO. The molecule has 66 valence electrons. The minimum absolute atomic E-state index is 0.594. The summed E-state index contributed by atoms with van der Waals surface area (Å²) in [4.78, 5) is 0. The summed E-state index contributed by atoms with van der Waals surface area (Å²) >= 11 is 0. The zero-order chi connectivity index (χ0) is 9.14. The van der Waals surface area contributed by atoms with Gasteiger partial charge in [-0.3, -0.25) is 0 Å². The summed E-state index contributed by atoms with van der Waals surface area (Å²) < 4.78 is 5.18. The van der Waals surface area contributed by atoms with E-state index in [0.29, 0.717) is 6.54 Å². The van der Waals surface area contributed by atoms with Crippen molar-refractivity contribution >= 4 is 0 Å². The Kier molecular flexibility index (Phi) is 2.71. The van der Waals surface area contributed by atoms with Crippen LogP contribution in [-0.2, 0) is 6.54 Å². The fourth-order valence-corrected chi connectivity index (χ4v) is 1.29. The third-order valence-electron chi connectivity index (χ3n) is 2.29. The fraction of sp³-hybridized carbons (Fsp3) is 0.400. The molecule has 0 aliphatic rings. The second-order valence-electron chi connectivity index (χ2n) is 2.88. The lowest BCUT2D eigenvalue weighted by atomic mass is 10.0. The molecule has 0 radical (unpaired) electrons. The third-order valence-corrected chi connectivity index (χ3v) is 2.29. The summed E-state index contributed by atoms with van der Waals surface area (Å²) in [6.45, 7) is 4.71. The first-order valence-corrected chi connectivity index (χ1v) is 4.03. The molecule has 0 heterocycles. The Hall–Kier alpha value is -1.02. The first-order chi connectivity index (χ1) is 5.70. The van der Waals surface area contributed by atoms with Gasteiger partial charge < -0.3 is 10.5 Å². The highest BCUT2D eigenvalue weighted by Crippen LogP contribution is 2.23. The molecule has 1 aromatic carbocycles. The predicted molar refractivity (Wildman–Crippen MR) is 50.4 cm³/mol. The number of methoxy groups -OCH3 is 1. The highest BCUT2D eigenvalue weighted by atomic mass is 16.5. The van der Waals surface area contributed by atoms with Crippen molar-refractivity contribution in [1.29, 1.82) is 0 Å².